The highest BCUT2D eigenvalue weighted by Crippen LogP contribution is 2.26. The molecule has 0 bridgehead atoms. The molecule has 3 N–H and O–H groups in total. The van der Waals surface area contributed by atoms with Gasteiger partial charge in [-0.05, 0) is 18.2 Å². The first kappa shape index (κ1) is 11.5. The van der Waals surface area contributed by atoms with Crippen LogP contribution in [0.5, 0.6) is 5.75 Å². The number of hydrogen-bond acceptors (Lipinski definition) is 3. The molecule has 15 heavy (non-hydrogen) atoms. The van der Waals surface area contributed by atoms with E-state index >= 15 is 0 Å². The molecular weight excluding hydrogens is 201 g/mol. The Kier molecular flexibility index (Phi) is 3.62. The molecule has 0 aliphatic heterocycles. The zero-order chi connectivity index (χ0) is 11.4. The van der Waals surface area contributed by atoms with Crippen molar-refractivity contribution in [2.45, 2.75) is 12.5 Å². The Bertz CT molecular complexity index is 368. The maximum Gasteiger partial charge on any atom is 0.305 e. The van der Waals surface area contributed by atoms with Crippen LogP contribution in [-0.2, 0) is 4.79 Å². The first-order valence-corrected chi connectivity index (χ1v) is 4.35. The molecule has 82 valence electrons. The van der Waals surface area contributed by atoms with Gasteiger partial charge in [-0.2, -0.15) is 0 Å². The van der Waals surface area contributed by atoms with Gasteiger partial charge in [0.25, 0.3) is 0 Å². The number of carbonyl (C=O) groups is 1. The summed E-state index contributed by atoms with van der Waals surface area (Å²) in [5.41, 5.74) is 5.97. The molecule has 1 unspecified atom stereocenters. The Hall–Kier alpha value is -1.62. The molecule has 0 aliphatic carbocycles. The number of ether oxygens (including phenoxy) is 1. The highest BCUT2D eigenvalue weighted by Gasteiger charge is 2.15. The van der Waals surface area contributed by atoms with Crippen molar-refractivity contribution in [3.8, 4) is 5.75 Å². The van der Waals surface area contributed by atoms with Crippen LogP contribution >= 0.6 is 0 Å². The van der Waals surface area contributed by atoms with Gasteiger partial charge in [0.2, 0.25) is 0 Å². The van der Waals surface area contributed by atoms with Crippen molar-refractivity contribution in [1.82, 2.24) is 0 Å². The quantitative estimate of drug-likeness (QED) is 0.790. The monoisotopic (exact) mass is 213 g/mol. The van der Waals surface area contributed by atoms with Gasteiger partial charge < -0.3 is 15.6 Å². The molecule has 1 atom stereocenters. The highest BCUT2D eigenvalue weighted by atomic mass is 19.1. The van der Waals surface area contributed by atoms with Crippen LogP contribution in [0.15, 0.2) is 18.2 Å². The first-order valence-electron chi connectivity index (χ1n) is 4.35. The molecule has 0 aromatic heterocycles. The van der Waals surface area contributed by atoms with Gasteiger partial charge in [-0.25, -0.2) is 4.39 Å². The van der Waals surface area contributed by atoms with E-state index in [0.717, 1.165) is 0 Å². The van der Waals surface area contributed by atoms with Crippen LogP contribution in [-0.4, -0.2) is 18.2 Å². The lowest BCUT2D eigenvalue weighted by molar-refractivity contribution is -0.137. The SMILES string of the molecule is COc1ccc(F)cc1C(N)CC(=O)O. The lowest BCUT2D eigenvalue weighted by Gasteiger charge is -2.13. The largest absolute Gasteiger partial charge is 0.496 e. The predicted octanol–water partition coefficient (Wildman–Crippen LogP) is 1.31. The minimum Gasteiger partial charge on any atom is -0.496 e. The maximum atomic E-state index is 12.9. The number of benzene rings is 1. The molecule has 0 radical (unpaired) electrons. The van der Waals surface area contributed by atoms with Gasteiger partial charge in [-0.15, -0.1) is 0 Å². The van der Waals surface area contributed by atoms with Gasteiger partial charge in [0.05, 0.1) is 13.5 Å². The van der Waals surface area contributed by atoms with Crippen LogP contribution in [0.3, 0.4) is 0 Å². The van der Waals surface area contributed by atoms with E-state index in [9.17, 15) is 9.18 Å². The van der Waals surface area contributed by atoms with Crippen molar-refractivity contribution >= 4 is 5.97 Å². The van der Waals surface area contributed by atoms with Gasteiger partial charge in [-0.1, -0.05) is 0 Å². The molecule has 5 heteroatoms. The molecule has 0 aliphatic rings. The summed E-state index contributed by atoms with van der Waals surface area (Å²) in [6, 6.07) is 3.07. The number of halogens is 1. The van der Waals surface area contributed by atoms with Crippen molar-refractivity contribution in [1.29, 1.82) is 0 Å². The summed E-state index contributed by atoms with van der Waals surface area (Å²) in [4.78, 5) is 10.5. The van der Waals surface area contributed by atoms with Crippen molar-refractivity contribution in [2.75, 3.05) is 7.11 Å². The van der Waals surface area contributed by atoms with Crippen LogP contribution < -0.4 is 10.5 Å². The molecule has 1 aromatic rings. The number of hydrogen-bond donors (Lipinski definition) is 2. The summed E-state index contributed by atoms with van der Waals surface area (Å²) in [6.45, 7) is 0. The van der Waals surface area contributed by atoms with Crippen LogP contribution in [0.1, 0.15) is 18.0 Å². The van der Waals surface area contributed by atoms with E-state index in [-0.39, 0.29) is 6.42 Å². The fourth-order valence-corrected chi connectivity index (χ4v) is 1.29. The van der Waals surface area contributed by atoms with Gasteiger partial charge in [0.15, 0.2) is 0 Å². The zero-order valence-electron chi connectivity index (χ0n) is 8.24. The first-order chi connectivity index (χ1) is 7.04. The molecule has 0 fully saturated rings. The van der Waals surface area contributed by atoms with E-state index in [1.165, 1.54) is 25.3 Å². The summed E-state index contributed by atoms with van der Waals surface area (Å²) < 4.78 is 17.9. The third-order valence-electron chi connectivity index (χ3n) is 1.99. The molecule has 1 aromatic carbocycles. The van der Waals surface area contributed by atoms with Crippen LogP contribution in [0.25, 0.3) is 0 Å². The minimum absolute atomic E-state index is 0.264. The number of carboxylic acids is 1. The third-order valence-corrected chi connectivity index (χ3v) is 1.99. The molecule has 0 saturated heterocycles. The average molecular weight is 213 g/mol. The molecule has 4 nitrogen and oxygen atoms in total. The second kappa shape index (κ2) is 4.75. The fraction of sp³-hybridized carbons (Fsp3) is 0.300. The number of aliphatic carboxylic acids is 1. The smallest absolute Gasteiger partial charge is 0.305 e. The minimum atomic E-state index is -1.03. The average Bonchev–Trinajstić information content (AvgIpc) is 2.16. The number of methoxy groups -OCH3 is 1. The summed E-state index contributed by atoms with van der Waals surface area (Å²) in [7, 11) is 1.42. The van der Waals surface area contributed by atoms with Crippen molar-refractivity contribution < 1.29 is 19.0 Å². The summed E-state index contributed by atoms with van der Waals surface area (Å²) in [5.74, 6) is -1.11. The number of nitrogens with two attached hydrogens (primary N) is 1. The second-order valence-corrected chi connectivity index (χ2v) is 3.09. The van der Waals surface area contributed by atoms with Gasteiger partial charge in [0, 0.05) is 11.6 Å². The van der Waals surface area contributed by atoms with Gasteiger partial charge >= 0.3 is 5.97 Å². The molecule has 1 rings (SSSR count). The third kappa shape index (κ3) is 2.92. The number of rotatable bonds is 4. The van der Waals surface area contributed by atoms with Crippen molar-refractivity contribution in [2.24, 2.45) is 5.73 Å². The normalized spacial score (nSPS) is 12.2. The van der Waals surface area contributed by atoms with Crippen LogP contribution in [0, 0.1) is 5.82 Å². The Morgan fingerprint density at radius 2 is 2.33 bits per heavy atom. The zero-order valence-corrected chi connectivity index (χ0v) is 8.24. The Morgan fingerprint density at radius 1 is 1.67 bits per heavy atom. The second-order valence-electron chi connectivity index (χ2n) is 3.09. The van der Waals surface area contributed by atoms with Crippen molar-refractivity contribution in [3.05, 3.63) is 29.6 Å². The molecule has 0 saturated carbocycles. The number of carboxylic acid groups (broad SMARTS) is 1. The maximum absolute atomic E-state index is 12.9. The summed E-state index contributed by atoms with van der Waals surface area (Å²) >= 11 is 0. The Morgan fingerprint density at radius 3 is 2.87 bits per heavy atom. The van der Waals surface area contributed by atoms with Crippen LogP contribution in [0.4, 0.5) is 4.39 Å². The molecule has 0 heterocycles. The predicted molar refractivity (Wildman–Crippen MR) is 52.1 cm³/mol. The standard InChI is InChI=1S/C10H12FNO3/c1-15-9-3-2-6(11)4-7(9)8(12)5-10(13)14/h2-4,8H,5,12H2,1H3,(H,13,14). The molecule has 0 amide bonds. The van der Waals surface area contributed by atoms with Crippen LogP contribution in [0.2, 0.25) is 0 Å². The van der Waals surface area contributed by atoms with E-state index < -0.39 is 17.8 Å². The Labute approximate surface area is 86.5 Å². The Balaban J connectivity index is 2.99. The summed E-state index contributed by atoms with van der Waals surface area (Å²) in [5, 5.41) is 8.56. The van der Waals surface area contributed by atoms with Crippen molar-refractivity contribution in [3.63, 3.8) is 0 Å². The molecular formula is C10H12FNO3. The van der Waals surface area contributed by atoms with E-state index in [4.69, 9.17) is 15.6 Å². The fourth-order valence-electron chi connectivity index (χ4n) is 1.29. The lowest BCUT2D eigenvalue weighted by atomic mass is 10.0. The van der Waals surface area contributed by atoms with Gasteiger partial charge in [-0.3, -0.25) is 4.79 Å². The van der Waals surface area contributed by atoms with E-state index in [1.807, 2.05) is 0 Å². The van der Waals surface area contributed by atoms with E-state index in [0.29, 0.717) is 11.3 Å². The highest BCUT2D eigenvalue weighted by molar-refractivity contribution is 5.68. The molecule has 0 spiro atoms. The van der Waals surface area contributed by atoms with Gasteiger partial charge in [0.1, 0.15) is 11.6 Å². The van der Waals surface area contributed by atoms with E-state index in [2.05, 4.69) is 0 Å². The summed E-state index contributed by atoms with van der Waals surface area (Å²) in [6.07, 6.45) is -0.264. The lowest BCUT2D eigenvalue weighted by Crippen LogP contribution is -2.16. The van der Waals surface area contributed by atoms with E-state index in [1.54, 1.807) is 0 Å². The topological polar surface area (TPSA) is 72.5 Å².